The first-order chi connectivity index (χ1) is 13.2. The largest absolute Gasteiger partial charge is 0.347 e. The second kappa shape index (κ2) is 8.05. The van der Waals surface area contributed by atoms with Crippen molar-refractivity contribution in [2.45, 2.75) is 18.4 Å². The van der Waals surface area contributed by atoms with Crippen molar-refractivity contribution in [3.05, 3.63) is 70.5 Å². The van der Waals surface area contributed by atoms with Gasteiger partial charge in [0.2, 0.25) is 10.0 Å². The molecule has 0 aliphatic heterocycles. The first-order valence-electron chi connectivity index (χ1n) is 8.12. The third-order valence-electron chi connectivity index (χ3n) is 3.80. The molecule has 0 fully saturated rings. The standard InChI is InChI=1S/C18H17FN4O3S2/c1-11-16(27-18(22-11)23-14-6-4-13(19)5-7-14)17(24)21-10-12-2-8-15(9-3-12)28(20,25)26/h2-9H,10H2,1H3,(H,21,24)(H,22,23)(H2,20,25,26). The van der Waals surface area contributed by atoms with Crippen molar-refractivity contribution in [2.24, 2.45) is 5.14 Å². The number of nitrogens with one attached hydrogen (secondary N) is 2. The fourth-order valence-corrected chi connectivity index (χ4v) is 3.80. The molecule has 0 bridgehead atoms. The molecular formula is C18H17FN4O3S2. The zero-order chi connectivity index (χ0) is 20.3. The van der Waals surface area contributed by atoms with E-state index in [4.69, 9.17) is 5.14 Å². The third kappa shape index (κ3) is 4.91. The van der Waals surface area contributed by atoms with E-state index in [1.54, 1.807) is 31.2 Å². The Balaban J connectivity index is 1.64. The van der Waals surface area contributed by atoms with E-state index >= 15 is 0 Å². The molecule has 0 atom stereocenters. The molecule has 0 aliphatic carbocycles. The van der Waals surface area contributed by atoms with E-state index in [2.05, 4.69) is 15.6 Å². The molecule has 0 aliphatic rings. The van der Waals surface area contributed by atoms with Crippen LogP contribution in [0.2, 0.25) is 0 Å². The van der Waals surface area contributed by atoms with Crippen LogP contribution in [0.25, 0.3) is 0 Å². The number of sulfonamides is 1. The molecule has 4 N–H and O–H groups in total. The zero-order valence-corrected chi connectivity index (χ0v) is 16.4. The number of amides is 1. The Labute approximate surface area is 165 Å². The molecule has 1 amide bonds. The van der Waals surface area contributed by atoms with Gasteiger partial charge in [-0.05, 0) is 48.9 Å². The van der Waals surface area contributed by atoms with Gasteiger partial charge in [-0.25, -0.2) is 22.9 Å². The van der Waals surface area contributed by atoms with E-state index in [0.717, 1.165) is 5.56 Å². The summed E-state index contributed by atoms with van der Waals surface area (Å²) in [5, 5.41) is 11.4. The zero-order valence-electron chi connectivity index (χ0n) is 14.8. The van der Waals surface area contributed by atoms with Crippen molar-refractivity contribution in [3.63, 3.8) is 0 Å². The first kappa shape index (κ1) is 19.9. The Morgan fingerprint density at radius 3 is 2.39 bits per heavy atom. The summed E-state index contributed by atoms with van der Waals surface area (Å²) in [5.74, 6) is -0.629. The molecule has 0 saturated carbocycles. The summed E-state index contributed by atoms with van der Waals surface area (Å²) in [6, 6.07) is 11.8. The Hall–Kier alpha value is -2.82. The van der Waals surface area contributed by atoms with Gasteiger partial charge in [-0.15, -0.1) is 0 Å². The van der Waals surface area contributed by atoms with Crippen LogP contribution in [0.5, 0.6) is 0 Å². The average molecular weight is 420 g/mol. The van der Waals surface area contributed by atoms with Crippen LogP contribution in [0, 0.1) is 12.7 Å². The number of benzene rings is 2. The number of halogens is 1. The summed E-state index contributed by atoms with van der Waals surface area (Å²) in [6.07, 6.45) is 0. The highest BCUT2D eigenvalue weighted by molar-refractivity contribution is 7.89. The summed E-state index contributed by atoms with van der Waals surface area (Å²) in [6.45, 7) is 1.95. The Kier molecular flexibility index (Phi) is 5.73. The number of aryl methyl sites for hydroxylation is 1. The van der Waals surface area contributed by atoms with Crippen LogP contribution in [0.1, 0.15) is 20.9 Å². The normalized spacial score (nSPS) is 11.2. The molecule has 10 heteroatoms. The molecule has 0 radical (unpaired) electrons. The van der Waals surface area contributed by atoms with E-state index in [1.807, 2.05) is 0 Å². The average Bonchev–Trinajstić information content (AvgIpc) is 3.01. The van der Waals surface area contributed by atoms with Crippen molar-refractivity contribution in [3.8, 4) is 0 Å². The molecule has 3 rings (SSSR count). The lowest BCUT2D eigenvalue weighted by molar-refractivity contribution is 0.0954. The highest BCUT2D eigenvalue weighted by Crippen LogP contribution is 2.26. The molecule has 146 valence electrons. The van der Waals surface area contributed by atoms with Crippen LogP contribution in [-0.4, -0.2) is 19.3 Å². The Morgan fingerprint density at radius 1 is 1.14 bits per heavy atom. The number of anilines is 2. The lowest BCUT2D eigenvalue weighted by Gasteiger charge is -2.05. The lowest BCUT2D eigenvalue weighted by atomic mass is 10.2. The minimum Gasteiger partial charge on any atom is -0.347 e. The molecule has 1 aromatic heterocycles. The summed E-state index contributed by atoms with van der Waals surface area (Å²) < 4.78 is 35.5. The van der Waals surface area contributed by atoms with Crippen molar-refractivity contribution < 1.29 is 17.6 Å². The third-order valence-corrected chi connectivity index (χ3v) is 5.80. The quantitative estimate of drug-likeness (QED) is 0.567. The number of nitrogens with zero attached hydrogens (tertiary/aromatic N) is 1. The molecule has 1 heterocycles. The first-order valence-corrected chi connectivity index (χ1v) is 10.5. The lowest BCUT2D eigenvalue weighted by Crippen LogP contribution is -2.22. The monoisotopic (exact) mass is 420 g/mol. The highest BCUT2D eigenvalue weighted by Gasteiger charge is 2.15. The van der Waals surface area contributed by atoms with Gasteiger partial charge in [-0.1, -0.05) is 23.5 Å². The van der Waals surface area contributed by atoms with E-state index in [-0.39, 0.29) is 23.2 Å². The molecule has 0 saturated heterocycles. The van der Waals surface area contributed by atoms with Gasteiger partial charge in [0, 0.05) is 12.2 Å². The van der Waals surface area contributed by atoms with Crippen molar-refractivity contribution in [2.75, 3.05) is 5.32 Å². The smallest absolute Gasteiger partial charge is 0.263 e. The summed E-state index contributed by atoms with van der Waals surface area (Å²) in [4.78, 5) is 17.2. The van der Waals surface area contributed by atoms with Gasteiger partial charge in [-0.2, -0.15) is 0 Å². The van der Waals surface area contributed by atoms with E-state index in [9.17, 15) is 17.6 Å². The minimum atomic E-state index is -3.75. The predicted octanol–water partition coefficient (Wildman–Crippen LogP) is 2.91. The number of aromatic nitrogens is 1. The fraction of sp³-hybridized carbons (Fsp3) is 0.111. The number of thiazole rings is 1. The molecule has 28 heavy (non-hydrogen) atoms. The number of hydrogen-bond acceptors (Lipinski definition) is 6. The van der Waals surface area contributed by atoms with Crippen LogP contribution in [0.3, 0.4) is 0 Å². The van der Waals surface area contributed by atoms with Crippen LogP contribution in [0.15, 0.2) is 53.4 Å². The molecule has 2 aromatic carbocycles. The maximum atomic E-state index is 13.0. The van der Waals surface area contributed by atoms with E-state index in [1.165, 1.54) is 35.6 Å². The van der Waals surface area contributed by atoms with Crippen LogP contribution in [0.4, 0.5) is 15.2 Å². The number of primary sulfonamides is 1. The van der Waals surface area contributed by atoms with E-state index in [0.29, 0.717) is 21.4 Å². The van der Waals surface area contributed by atoms with Crippen molar-refractivity contribution in [1.82, 2.24) is 10.3 Å². The number of carbonyl (C=O) groups is 1. The topological polar surface area (TPSA) is 114 Å². The van der Waals surface area contributed by atoms with Crippen LogP contribution < -0.4 is 15.8 Å². The van der Waals surface area contributed by atoms with Gasteiger partial charge >= 0.3 is 0 Å². The Morgan fingerprint density at radius 2 is 1.79 bits per heavy atom. The number of nitrogens with two attached hydrogens (primary N) is 1. The van der Waals surface area contributed by atoms with Gasteiger partial charge < -0.3 is 10.6 Å². The fourth-order valence-electron chi connectivity index (χ4n) is 2.38. The van der Waals surface area contributed by atoms with Crippen LogP contribution >= 0.6 is 11.3 Å². The van der Waals surface area contributed by atoms with Gasteiger partial charge in [0.1, 0.15) is 10.7 Å². The minimum absolute atomic E-state index is 0.0115. The number of hydrogen-bond donors (Lipinski definition) is 3. The Bertz CT molecular complexity index is 1090. The summed E-state index contributed by atoms with van der Waals surface area (Å²) in [7, 11) is -3.75. The maximum Gasteiger partial charge on any atom is 0.263 e. The van der Waals surface area contributed by atoms with Crippen molar-refractivity contribution >= 4 is 38.1 Å². The molecule has 3 aromatic rings. The van der Waals surface area contributed by atoms with Gasteiger partial charge in [0.05, 0.1) is 10.6 Å². The van der Waals surface area contributed by atoms with Crippen LogP contribution in [-0.2, 0) is 16.6 Å². The SMILES string of the molecule is Cc1nc(Nc2ccc(F)cc2)sc1C(=O)NCc1ccc(S(N)(=O)=O)cc1. The molecular weight excluding hydrogens is 403 g/mol. The predicted molar refractivity (Wildman–Crippen MR) is 106 cm³/mol. The van der Waals surface area contributed by atoms with Crippen molar-refractivity contribution in [1.29, 1.82) is 0 Å². The summed E-state index contributed by atoms with van der Waals surface area (Å²) >= 11 is 1.18. The molecule has 0 unspecified atom stereocenters. The molecule has 0 spiro atoms. The number of carbonyl (C=O) groups excluding carboxylic acids is 1. The van der Waals surface area contributed by atoms with E-state index < -0.39 is 10.0 Å². The van der Waals surface area contributed by atoms with Gasteiger partial charge in [-0.3, -0.25) is 4.79 Å². The highest BCUT2D eigenvalue weighted by atomic mass is 32.2. The summed E-state index contributed by atoms with van der Waals surface area (Å²) in [5.41, 5.74) is 1.96. The van der Waals surface area contributed by atoms with Gasteiger partial charge in [0.25, 0.3) is 5.91 Å². The second-order valence-corrected chi connectivity index (χ2v) is 8.50. The van der Waals surface area contributed by atoms with Gasteiger partial charge in [0.15, 0.2) is 5.13 Å². The number of rotatable bonds is 6. The molecule has 7 nitrogen and oxygen atoms in total. The second-order valence-electron chi connectivity index (χ2n) is 5.94. The maximum absolute atomic E-state index is 13.0.